The maximum Gasteiger partial charge on any atom is 0.141 e. The van der Waals surface area contributed by atoms with Gasteiger partial charge >= 0.3 is 0 Å². The fraction of sp³-hybridized carbons (Fsp3) is 0.267. The van der Waals surface area contributed by atoms with E-state index in [1.54, 1.807) is 13.3 Å². The fourth-order valence-electron chi connectivity index (χ4n) is 2.63. The van der Waals surface area contributed by atoms with Crippen molar-refractivity contribution < 1.29 is 4.74 Å². The normalized spacial score (nSPS) is 18.7. The van der Waals surface area contributed by atoms with Gasteiger partial charge in [-0.15, -0.1) is 0 Å². The summed E-state index contributed by atoms with van der Waals surface area (Å²) in [6.07, 6.45) is 2.79. The van der Waals surface area contributed by atoms with E-state index in [0.29, 0.717) is 5.92 Å². The number of methoxy groups -OCH3 is 1. The first-order valence-electron chi connectivity index (χ1n) is 6.13. The molecule has 2 atom stereocenters. The zero-order valence-electron chi connectivity index (χ0n) is 10.3. The zero-order chi connectivity index (χ0) is 12.5. The predicted octanol–water partition coefficient (Wildman–Crippen LogP) is 2.43. The molecular weight excluding hydrogens is 224 g/mol. The molecule has 1 aliphatic rings. The number of aromatic nitrogens is 1. The number of benzene rings is 1. The van der Waals surface area contributed by atoms with Crippen LogP contribution in [0.5, 0.6) is 5.75 Å². The van der Waals surface area contributed by atoms with Gasteiger partial charge < -0.3 is 10.5 Å². The Labute approximate surface area is 107 Å². The van der Waals surface area contributed by atoms with E-state index in [1.165, 1.54) is 11.1 Å². The van der Waals surface area contributed by atoms with Crippen molar-refractivity contribution >= 4 is 0 Å². The maximum atomic E-state index is 6.35. The number of fused-ring (bicyclic) bond motifs is 1. The van der Waals surface area contributed by atoms with E-state index in [0.717, 1.165) is 17.9 Å². The Bertz CT molecular complexity index is 568. The Kier molecular flexibility index (Phi) is 2.76. The Hall–Kier alpha value is -1.87. The number of nitrogens with zero attached hydrogens (tertiary/aromatic N) is 1. The highest BCUT2D eigenvalue weighted by atomic mass is 16.5. The molecule has 1 heterocycles. The summed E-state index contributed by atoms with van der Waals surface area (Å²) in [6, 6.07) is 12.1. The van der Waals surface area contributed by atoms with E-state index in [2.05, 4.69) is 29.2 Å². The van der Waals surface area contributed by atoms with Crippen molar-refractivity contribution in [1.29, 1.82) is 0 Å². The molecule has 0 saturated carbocycles. The Morgan fingerprint density at radius 3 is 2.89 bits per heavy atom. The van der Waals surface area contributed by atoms with Crippen molar-refractivity contribution in [3.63, 3.8) is 0 Å². The lowest BCUT2D eigenvalue weighted by atomic mass is 9.73. The topological polar surface area (TPSA) is 48.1 Å². The third-order valence-electron chi connectivity index (χ3n) is 3.66. The number of rotatable bonds is 3. The summed E-state index contributed by atoms with van der Waals surface area (Å²) in [5.41, 5.74) is 9.94. The van der Waals surface area contributed by atoms with Crippen LogP contribution in [0.25, 0.3) is 0 Å². The number of hydrogen-bond donors (Lipinski definition) is 1. The van der Waals surface area contributed by atoms with Gasteiger partial charge in [0.25, 0.3) is 0 Å². The summed E-state index contributed by atoms with van der Waals surface area (Å²) in [5.74, 6) is 1.12. The van der Waals surface area contributed by atoms with Crippen molar-refractivity contribution in [2.24, 2.45) is 5.73 Å². The molecule has 3 heteroatoms. The van der Waals surface area contributed by atoms with Crippen molar-refractivity contribution in [2.45, 2.75) is 18.4 Å². The Morgan fingerprint density at radius 1 is 1.28 bits per heavy atom. The van der Waals surface area contributed by atoms with Crippen LogP contribution in [0.1, 0.15) is 28.8 Å². The number of ether oxygens (including phenoxy) is 1. The van der Waals surface area contributed by atoms with Gasteiger partial charge in [-0.3, -0.25) is 4.98 Å². The summed E-state index contributed by atoms with van der Waals surface area (Å²) in [4.78, 5) is 4.38. The van der Waals surface area contributed by atoms with Crippen molar-refractivity contribution in [1.82, 2.24) is 4.98 Å². The fourth-order valence-corrected chi connectivity index (χ4v) is 2.63. The van der Waals surface area contributed by atoms with Crippen LogP contribution in [0.3, 0.4) is 0 Å². The van der Waals surface area contributed by atoms with Crippen LogP contribution >= 0.6 is 0 Å². The van der Waals surface area contributed by atoms with Gasteiger partial charge in [0.2, 0.25) is 0 Å². The third kappa shape index (κ3) is 1.68. The molecule has 0 radical (unpaired) electrons. The zero-order valence-corrected chi connectivity index (χ0v) is 10.3. The van der Waals surface area contributed by atoms with Gasteiger partial charge in [-0.1, -0.05) is 24.3 Å². The average molecular weight is 240 g/mol. The van der Waals surface area contributed by atoms with Crippen molar-refractivity contribution in [3.05, 3.63) is 59.4 Å². The van der Waals surface area contributed by atoms with Crippen molar-refractivity contribution in [3.8, 4) is 5.75 Å². The van der Waals surface area contributed by atoms with Gasteiger partial charge in [-0.05, 0) is 29.7 Å². The largest absolute Gasteiger partial charge is 0.495 e. The lowest BCUT2D eigenvalue weighted by Crippen LogP contribution is -2.29. The highest BCUT2D eigenvalue weighted by Crippen LogP contribution is 2.43. The lowest BCUT2D eigenvalue weighted by molar-refractivity contribution is 0.391. The van der Waals surface area contributed by atoms with Gasteiger partial charge in [0.05, 0.1) is 18.8 Å². The molecule has 1 aliphatic carbocycles. The van der Waals surface area contributed by atoms with Gasteiger partial charge in [0.1, 0.15) is 5.75 Å². The first kappa shape index (κ1) is 11.2. The van der Waals surface area contributed by atoms with Gasteiger partial charge in [0.15, 0.2) is 0 Å². The minimum Gasteiger partial charge on any atom is -0.495 e. The molecular formula is C15H16N2O. The highest BCUT2D eigenvalue weighted by Gasteiger charge is 2.33. The Morgan fingerprint density at radius 2 is 2.11 bits per heavy atom. The SMILES string of the molecule is COc1cccnc1C(N)C1Cc2ccccc21. The summed E-state index contributed by atoms with van der Waals surface area (Å²) >= 11 is 0. The highest BCUT2D eigenvalue weighted by molar-refractivity contribution is 5.44. The molecule has 92 valence electrons. The second kappa shape index (κ2) is 4.42. The molecule has 18 heavy (non-hydrogen) atoms. The van der Waals surface area contributed by atoms with Crippen LogP contribution in [0.15, 0.2) is 42.6 Å². The van der Waals surface area contributed by atoms with Crippen LogP contribution in [0.2, 0.25) is 0 Å². The van der Waals surface area contributed by atoms with E-state index in [-0.39, 0.29) is 6.04 Å². The van der Waals surface area contributed by atoms with E-state index in [1.807, 2.05) is 12.1 Å². The average Bonchev–Trinajstić information content (AvgIpc) is 2.40. The molecule has 3 nitrogen and oxygen atoms in total. The molecule has 0 saturated heterocycles. The summed E-state index contributed by atoms with van der Waals surface area (Å²) < 4.78 is 5.33. The molecule has 0 amide bonds. The smallest absolute Gasteiger partial charge is 0.141 e. The van der Waals surface area contributed by atoms with Crippen LogP contribution in [0.4, 0.5) is 0 Å². The van der Waals surface area contributed by atoms with Crippen molar-refractivity contribution in [2.75, 3.05) is 7.11 Å². The van der Waals surface area contributed by atoms with Crippen LogP contribution < -0.4 is 10.5 Å². The first-order chi connectivity index (χ1) is 8.81. The lowest BCUT2D eigenvalue weighted by Gasteiger charge is -2.34. The molecule has 3 rings (SSSR count). The minimum absolute atomic E-state index is 0.101. The second-order valence-corrected chi connectivity index (χ2v) is 4.63. The van der Waals surface area contributed by atoms with Crippen LogP contribution in [0, 0.1) is 0 Å². The summed E-state index contributed by atoms with van der Waals surface area (Å²) in [6.45, 7) is 0. The molecule has 0 bridgehead atoms. The first-order valence-corrected chi connectivity index (χ1v) is 6.13. The van der Waals surface area contributed by atoms with Crippen LogP contribution in [-0.4, -0.2) is 12.1 Å². The molecule has 0 aliphatic heterocycles. The van der Waals surface area contributed by atoms with Crippen LogP contribution in [-0.2, 0) is 6.42 Å². The van der Waals surface area contributed by atoms with E-state index in [4.69, 9.17) is 10.5 Å². The van der Waals surface area contributed by atoms with E-state index in [9.17, 15) is 0 Å². The van der Waals surface area contributed by atoms with Gasteiger partial charge in [-0.25, -0.2) is 0 Å². The van der Waals surface area contributed by atoms with Gasteiger partial charge in [0, 0.05) is 12.1 Å². The molecule has 0 fully saturated rings. The van der Waals surface area contributed by atoms with E-state index >= 15 is 0 Å². The molecule has 2 aromatic rings. The molecule has 1 aromatic heterocycles. The maximum absolute atomic E-state index is 6.35. The predicted molar refractivity (Wildman–Crippen MR) is 70.6 cm³/mol. The molecule has 2 N–H and O–H groups in total. The monoisotopic (exact) mass is 240 g/mol. The Balaban J connectivity index is 1.91. The number of nitrogens with two attached hydrogens (primary N) is 1. The second-order valence-electron chi connectivity index (χ2n) is 4.63. The number of pyridine rings is 1. The minimum atomic E-state index is -0.101. The quantitative estimate of drug-likeness (QED) is 0.896. The summed E-state index contributed by atoms with van der Waals surface area (Å²) in [7, 11) is 1.65. The molecule has 0 spiro atoms. The standard InChI is InChI=1S/C15H16N2O/c1-18-13-7-4-8-17-15(13)14(16)12-9-10-5-2-3-6-11(10)12/h2-8,12,14H,9,16H2,1H3. The van der Waals surface area contributed by atoms with E-state index < -0.39 is 0 Å². The third-order valence-corrected chi connectivity index (χ3v) is 3.66. The summed E-state index contributed by atoms with van der Waals surface area (Å²) in [5, 5.41) is 0. The van der Waals surface area contributed by atoms with Gasteiger partial charge in [-0.2, -0.15) is 0 Å². The number of hydrogen-bond acceptors (Lipinski definition) is 3. The molecule has 2 unspecified atom stereocenters. The molecule has 1 aromatic carbocycles.